The summed E-state index contributed by atoms with van der Waals surface area (Å²) in [5.74, 6) is 0. The van der Waals surface area contributed by atoms with Crippen molar-refractivity contribution in [3.8, 4) is 0 Å². The highest BCUT2D eigenvalue weighted by atomic mass is 127. The molecular weight excluding hydrogens is 399 g/mol. The van der Waals surface area contributed by atoms with Crippen molar-refractivity contribution in [2.45, 2.75) is 30.6 Å². The van der Waals surface area contributed by atoms with E-state index in [1.165, 1.54) is 0 Å². The summed E-state index contributed by atoms with van der Waals surface area (Å²) in [4.78, 5) is 25.5. The smallest absolute Gasteiger partial charge is 0.330 e. The number of ether oxygens (including phenoxy) is 1. The Hall–Kier alpha value is -0.790. The minimum atomic E-state index is -1.45. The predicted octanol–water partition coefficient (Wildman–Crippen LogP) is -2.38. The third-order valence-corrected chi connectivity index (χ3v) is 4.13. The molecule has 0 amide bonds. The van der Waals surface area contributed by atoms with Gasteiger partial charge in [-0.3, -0.25) is 14.3 Å². The monoisotopic (exact) mass is 414 g/mol. The second-order valence-electron chi connectivity index (χ2n) is 4.65. The highest BCUT2D eigenvalue weighted by Gasteiger charge is 2.43. The Morgan fingerprint density at radius 1 is 1.38 bits per heavy atom. The molecule has 1 aromatic heterocycles. The molecule has 5 atom stereocenters. The number of hydrogen-bond acceptors (Lipinski definition) is 7. The zero-order valence-corrected chi connectivity index (χ0v) is 12.9. The standard InChI is InChI=1S/C11H15IN2O7/c12-1-5(16)4-2-14(11(20)13-9(4)19)10-8(18)7(17)6(3-15)21-10/h2,5-8,10,15-18H,1,3H2,(H,13,19,20). The van der Waals surface area contributed by atoms with Crippen molar-refractivity contribution in [2.75, 3.05) is 11.0 Å². The molecule has 10 heteroatoms. The van der Waals surface area contributed by atoms with Gasteiger partial charge in [0.15, 0.2) is 6.23 Å². The Morgan fingerprint density at radius 2 is 2.05 bits per heavy atom. The van der Waals surface area contributed by atoms with Crippen LogP contribution in [0, 0.1) is 0 Å². The highest BCUT2D eigenvalue weighted by molar-refractivity contribution is 14.1. The van der Waals surface area contributed by atoms with Crippen molar-refractivity contribution in [1.29, 1.82) is 0 Å². The van der Waals surface area contributed by atoms with Gasteiger partial charge in [-0.2, -0.15) is 0 Å². The first-order valence-corrected chi connectivity index (χ1v) is 7.65. The fraction of sp³-hybridized carbons (Fsp3) is 0.636. The van der Waals surface area contributed by atoms with Crippen molar-refractivity contribution in [2.24, 2.45) is 0 Å². The Kier molecular flexibility index (Phi) is 5.16. The van der Waals surface area contributed by atoms with Crippen molar-refractivity contribution in [3.63, 3.8) is 0 Å². The van der Waals surface area contributed by atoms with Crippen LogP contribution in [0.2, 0.25) is 0 Å². The van der Waals surface area contributed by atoms with Crippen molar-refractivity contribution < 1.29 is 25.2 Å². The van der Waals surface area contributed by atoms with Gasteiger partial charge in [0.2, 0.25) is 0 Å². The second-order valence-corrected chi connectivity index (χ2v) is 5.53. The highest BCUT2D eigenvalue weighted by Crippen LogP contribution is 2.28. The van der Waals surface area contributed by atoms with Gasteiger partial charge < -0.3 is 25.2 Å². The number of aliphatic hydroxyl groups is 4. The summed E-state index contributed by atoms with van der Waals surface area (Å²) in [7, 11) is 0. The van der Waals surface area contributed by atoms with Crippen LogP contribution in [-0.4, -0.2) is 59.3 Å². The summed E-state index contributed by atoms with van der Waals surface area (Å²) in [5.41, 5.74) is -1.63. The van der Waals surface area contributed by atoms with Crippen LogP contribution in [-0.2, 0) is 4.74 Å². The molecule has 0 aromatic carbocycles. The summed E-state index contributed by atoms with van der Waals surface area (Å²) in [6.07, 6.45) is -5.11. The van der Waals surface area contributed by atoms with Crippen LogP contribution in [0.5, 0.6) is 0 Å². The van der Waals surface area contributed by atoms with Gasteiger partial charge in [0.25, 0.3) is 5.56 Å². The number of aromatic amines is 1. The van der Waals surface area contributed by atoms with E-state index >= 15 is 0 Å². The third-order valence-electron chi connectivity index (χ3n) is 3.29. The zero-order chi connectivity index (χ0) is 15.7. The van der Waals surface area contributed by atoms with E-state index in [-0.39, 0.29) is 9.99 Å². The van der Waals surface area contributed by atoms with Crippen LogP contribution < -0.4 is 11.2 Å². The lowest BCUT2D eigenvalue weighted by atomic mass is 10.1. The first-order chi connectivity index (χ1) is 9.90. The molecule has 0 spiro atoms. The molecule has 1 aliphatic heterocycles. The lowest BCUT2D eigenvalue weighted by Gasteiger charge is -2.18. The number of H-pyrrole nitrogens is 1. The maximum atomic E-state index is 11.8. The van der Waals surface area contributed by atoms with Crippen molar-refractivity contribution >= 4 is 22.6 Å². The van der Waals surface area contributed by atoms with Crippen LogP contribution in [0.15, 0.2) is 15.8 Å². The van der Waals surface area contributed by atoms with Crippen LogP contribution in [0.25, 0.3) is 0 Å². The van der Waals surface area contributed by atoms with E-state index in [4.69, 9.17) is 9.84 Å². The Balaban J connectivity index is 2.45. The molecule has 2 heterocycles. The van der Waals surface area contributed by atoms with Gasteiger partial charge in [-0.05, 0) is 0 Å². The van der Waals surface area contributed by atoms with Gasteiger partial charge in [-0.1, -0.05) is 22.6 Å². The van der Waals surface area contributed by atoms with Crippen molar-refractivity contribution in [1.82, 2.24) is 9.55 Å². The molecule has 1 saturated heterocycles. The van der Waals surface area contributed by atoms with Gasteiger partial charge >= 0.3 is 5.69 Å². The van der Waals surface area contributed by atoms with Gasteiger partial charge in [0.1, 0.15) is 18.3 Å². The molecule has 1 aromatic rings. The van der Waals surface area contributed by atoms with Crippen LogP contribution >= 0.6 is 22.6 Å². The van der Waals surface area contributed by atoms with Gasteiger partial charge in [0, 0.05) is 10.6 Å². The molecule has 118 valence electrons. The van der Waals surface area contributed by atoms with E-state index in [1.807, 2.05) is 27.6 Å². The summed E-state index contributed by atoms with van der Waals surface area (Å²) < 4.78 is 6.33. The molecule has 21 heavy (non-hydrogen) atoms. The number of nitrogens with zero attached hydrogens (tertiary/aromatic N) is 1. The molecule has 0 bridgehead atoms. The number of aromatic nitrogens is 2. The Bertz CT molecular complexity index is 615. The van der Waals surface area contributed by atoms with E-state index in [0.717, 1.165) is 10.8 Å². The van der Waals surface area contributed by atoms with E-state index in [0.29, 0.717) is 0 Å². The van der Waals surface area contributed by atoms with Crippen molar-refractivity contribution in [3.05, 3.63) is 32.6 Å². The number of rotatable bonds is 4. The average Bonchev–Trinajstić information content (AvgIpc) is 2.74. The number of nitrogens with one attached hydrogen (secondary N) is 1. The van der Waals surface area contributed by atoms with Crippen LogP contribution in [0.4, 0.5) is 0 Å². The summed E-state index contributed by atoms with van der Waals surface area (Å²) >= 11 is 1.88. The third kappa shape index (κ3) is 3.05. The van der Waals surface area contributed by atoms with E-state index < -0.39 is 48.5 Å². The van der Waals surface area contributed by atoms with Gasteiger partial charge in [0.05, 0.1) is 18.3 Å². The molecule has 0 radical (unpaired) electrons. The second kappa shape index (κ2) is 6.54. The first kappa shape index (κ1) is 16.6. The number of hydrogen-bond donors (Lipinski definition) is 5. The lowest BCUT2D eigenvalue weighted by Crippen LogP contribution is -2.39. The molecular formula is C11H15IN2O7. The summed E-state index contributed by atoms with van der Waals surface area (Å²) in [6.45, 7) is -0.532. The molecule has 0 saturated carbocycles. The molecule has 5 N–H and O–H groups in total. The summed E-state index contributed by atoms with van der Waals surface area (Å²) in [6, 6.07) is 0. The SMILES string of the molecule is O=c1[nH]c(=O)n(C2OC(CO)C(O)C2O)cc1C(O)CI. The predicted molar refractivity (Wildman–Crippen MR) is 78.2 cm³/mol. The molecule has 0 aliphatic carbocycles. The molecule has 9 nitrogen and oxygen atoms in total. The molecule has 1 aliphatic rings. The topological polar surface area (TPSA) is 145 Å². The largest absolute Gasteiger partial charge is 0.394 e. The molecule has 1 fully saturated rings. The van der Waals surface area contributed by atoms with Gasteiger partial charge in [-0.15, -0.1) is 0 Å². The quantitative estimate of drug-likeness (QED) is 0.273. The minimum absolute atomic E-state index is 0.0539. The molecule has 2 rings (SSSR count). The van der Waals surface area contributed by atoms with E-state index in [1.54, 1.807) is 0 Å². The Morgan fingerprint density at radius 3 is 2.57 bits per heavy atom. The maximum Gasteiger partial charge on any atom is 0.330 e. The number of aliphatic hydroxyl groups excluding tert-OH is 4. The Labute approximate surface area is 132 Å². The zero-order valence-electron chi connectivity index (χ0n) is 10.7. The number of halogens is 1. The lowest BCUT2D eigenvalue weighted by molar-refractivity contribution is -0.0553. The minimum Gasteiger partial charge on any atom is -0.394 e. The maximum absolute atomic E-state index is 11.8. The molecule has 5 unspecified atom stereocenters. The number of alkyl halides is 1. The fourth-order valence-corrected chi connectivity index (χ4v) is 2.59. The fourth-order valence-electron chi connectivity index (χ4n) is 2.12. The van der Waals surface area contributed by atoms with Crippen LogP contribution in [0.3, 0.4) is 0 Å². The summed E-state index contributed by atoms with van der Waals surface area (Å²) in [5, 5.41) is 38.4. The average molecular weight is 414 g/mol. The van der Waals surface area contributed by atoms with Crippen LogP contribution in [0.1, 0.15) is 17.9 Å². The normalized spacial score (nSPS) is 30.5. The van der Waals surface area contributed by atoms with E-state index in [9.17, 15) is 24.9 Å². The first-order valence-electron chi connectivity index (χ1n) is 6.12. The van der Waals surface area contributed by atoms with Gasteiger partial charge in [-0.25, -0.2) is 4.79 Å². The van der Waals surface area contributed by atoms with E-state index in [2.05, 4.69) is 0 Å².